The number of rotatable bonds is 20. The molecule has 0 spiro atoms. The Hall–Kier alpha value is -2.66. The summed E-state index contributed by atoms with van der Waals surface area (Å²) >= 11 is 0. The monoisotopic (exact) mass is 741 g/mol. The zero-order valence-corrected chi connectivity index (χ0v) is 35.6. The standard InChI is InChI=1S/C49H77N3O2/c1-7-11-15-22-38-34-36(5)48(53)46-40(38)24-20-28-44(46)50-42-26-16-17-27-43(42)51-45-29-21-25-41-39(35-37(6)49(54)47(41)45)23-18-19-33-52(30-12-8-2,31-13-9-3)32-14-10-4/h34-35,42-43H,7-33H2,1-6H3,(H-,50,51,53,54)/p+1. The second-order valence-corrected chi connectivity index (χ2v) is 17.6. The summed E-state index contributed by atoms with van der Waals surface area (Å²) in [6.45, 7) is 18.8. The van der Waals surface area contributed by atoms with E-state index in [0.29, 0.717) is 11.5 Å². The molecule has 2 aromatic carbocycles. The smallest absolute Gasteiger partial charge is 0.127 e. The number of aromatic hydroxyl groups is 2. The second-order valence-electron chi connectivity index (χ2n) is 17.6. The molecule has 3 aliphatic carbocycles. The Balaban J connectivity index is 1.38. The number of phenols is 2. The molecule has 2 atom stereocenters. The number of unbranched alkanes of at least 4 members (excludes halogenated alkanes) is 6. The molecule has 5 rings (SSSR count). The zero-order chi connectivity index (χ0) is 38.5. The fourth-order valence-corrected chi connectivity index (χ4v) is 10.1. The van der Waals surface area contributed by atoms with E-state index in [0.717, 1.165) is 97.9 Å². The van der Waals surface area contributed by atoms with Gasteiger partial charge in [-0.2, -0.15) is 0 Å². The van der Waals surface area contributed by atoms with Gasteiger partial charge < -0.3 is 14.7 Å². The normalized spacial score (nSPS) is 20.4. The van der Waals surface area contributed by atoms with Crippen LogP contribution in [0.2, 0.25) is 0 Å². The molecule has 0 saturated heterocycles. The maximum absolute atomic E-state index is 11.7. The van der Waals surface area contributed by atoms with Crippen molar-refractivity contribution in [2.75, 3.05) is 26.2 Å². The summed E-state index contributed by atoms with van der Waals surface area (Å²) in [4.78, 5) is 11.1. The lowest BCUT2D eigenvalue weighted by atomic mass is 9.82. The summed E-state index contributed by atoms with van der Waals surface area (Å²) < 4.78 is 1.32. The van der Waals surface area contributed by atoms with E-state index in [-0.39, 0.29) is 12.1 Å². The third-order valence-electron chi connectivity index (χ3n) is 13.3. The summed E-state index contributed by atoms with van der Waals surface area (Å²) in [7, 11) is 0. The van der Waals surface area contributed by atoms with Crippen LogP contribution in [0.5, 0.6) is 11.5 Å². The Morgan fingerprint density at radius 1 is 0.537 bits per heavy atom. The van der Waals surface area contributed by atoms with Gasteiger partial charge in [-0.15, -0.1) is 0 Å². The molecule has 0 amide bonds. The van der Waals surface area contributed by atoms with Crippen LogP contribution in [0.3, 0.4) is 0 Å². The number of hydrogen-bond donors (Lipinski definition) is 2. The predicted octanol–water partition coefficient (Wildman–Crippen LogP) is 12.2. The van der Waals surface area contributed by atoms with Gasteiger partial charge in [0.25, 0.3) is 0 Å². The van der Waals surface area contributed by atoms with Crippen LogP contribution in [0.25, 0.3) is 0 Å². The Morgan fingerprint density at radius 3 is 1.37 bits per heavy atom. The van der Waals surface area contributed by atoms with Crippen LogP contribution in [-0.2, 0) is 25.7 Å². The van der Waals surface area contributed by atoms with Gasteiger partial charge >= 0.3 is 0 Å². The van der Waals surface area contributed by atoms with Gasteiger partial charge in [-0.05, 0) is 150 Å². The number of benzene rings is 2. The molecule has 3 aliphatic rings. The number of aryl methyl sites for hydroxylation is 4. The zero-order valence-electron chi connectivity index (χ0n) is 35.6. The van der Waals surface area contributed by atoms with Gasteiger partial charge in [-0.25, -0.2) is 0 Å². The number of aliphatic imine (C=N–C) groups is 2. The lowest BCUT2D eigenvalue weighted by Gasteiger charge is -2.39. The predicted molar refractivity (Wildman–Crippen MR) is 231 cm³/mol. The van der Waals surface area contributed by atoms with E-state index in [9.17, 15) is 10.2 Å². The highest BCUT2D eigenvalue weighted by molar-refractivity contribution is 6.06. The second kappa shape index (κ2) is 21.0. The fraction of sp³-hybridized carbons (Fsp3) is 0.714. The van der Waals surface area contributed by atoms with Crippen LogP contribution in [0.15, 0.2) is 22.1 Å². The minimum atomic E-state index is 0.122. The molecule has 0 aromatic heterocycles. The number of fused-ring (bicyclic) bond motifs is 2. The van der Waals surface area contributed by atoms with Crippen molar-refractivity contribution in [3.05, 3.63) is 56.6 Å². The minimum absolute atomic E-state index is 0.122. The molecule has 0 heterocycles. The number of phenolic OH excluding ortho intramolecular Hbond substituents is 2. The van der Waals surface area contributed by atoms with Gasteiger partial charge in [0.05, 0.1) is 38.3 Å². The maximum Gasteiger partial charge on any atom is 0.127 e. The molecule has 0 bridgehead atoms. The molecule has 2 unspecified atom stereocenters. The summed E-state index contributed by atoms with van der Waals surface area (Å²) in [5, 5.41) is 23.1. The first-order valence-electron chi connectivity index (χ1n) is 22.9. The van der Waals surface area contributed by atoms with Crippen molar-refractivity contribution < 1.29 is 14.7 Å². The first kappa shape index (κ1) is 42.5. The molecular formula is C49H78N3O2+. The SMILES string of the molecule is CCCCCc1cc(C)c(O)c2c1CCCC2=NC1CCCCC1N=C1CCCc2c(CCCC[N+](CCCC)(CCCC)CCCC)cc(C)c(O)c21. The van der Waals surface area contributed by atoms with Crippen LogP contribution in [0.1, 0.15) is 194 Å². The Kier molecular flexibility index (Phi) is 16.5. The van der Waals surface area contributed by atoms with Crippen molar-refractivity contribution in [2.45, 2.75) is 201 Å². The average molecular weight is 741 g/mol. The van der Waals surface area contributed by atoms with Gasteiger partial charge in [0.15, 0.2) is 0 Å². The molecule has 300 valence electrons. The van der Waals surface area contributed by atoms with Crippen LogP contribution in [0.4, 0.5) is 0 Å². The Morgan fingerprint density at radius 2 is 0.944 bits per heavy atom. The van der Waals surface area contributed by atoms with Crippen molar-refractivity contribution in [2.24, 2.45) is 9.98 Å². The van der Waals surface area contributed by atoms with Crippen molar-refractivity contribution >= 4 is 11.4 Å². The largest absolute Gasteiger partial charge is 0.507 e. The van der Waals surface area contributed by atoms with Gasteiger partial charge in [-0.1, -0.05) is 84.8 Å². The van der Waals surface area contributed by atoms with Crippen LogP contribution < -0.4 is 0 Å². The van der Waals surface area contributed by atoms with E-state index in [1.165, 1.54) is 136 Å². The third-order valence-corrected chi connectivity index (χ3v) is 13.3. The van der Waals surface area contributed by atoms with Crippen LogP contribution in [-0.4, -0.2) is 64.4 Å². The molecule has 2 aromatic rings. The van der Waals surface area contributed by atoms with Crippen molar-refractivity contribution in [1.29, 1.82) is 0 Å². The molecule has 2 N–H and O–H groups in total. The number of nitrogens with zero attached hydrogens (tertiary/aromatic N) is 3. The number of hydrogen-bond acceptors (Lipinski definition) is 4. The Bertz CT molecular complexity index is 1550. The quantitative estimate of drug-likeness (QED) is 0.105. The summed E-state index contributed by atoms with van der Waals surface area (Å²) in [5.74, 6) is 0.903. The molecule has 0 aliphatic heterocycles. The maximum atomic E-state index is 11.7. The summed E-state index contributed by atoms with van der Waals surface area (Å²) in [6.07, 6.45) is 26.8. The molecule has 54 heavy (non-hydrogen) atoms. The molecular weight excluding hydrogens is 663 g/mol. The van der Waals surface area contributed by atoms with Crippen molar-refractivity contribution in [3.63, 3.8) is 0 Å². The number of quaternary nitrogens is 1. The first-order valence-corrected chi connectivity index (χ1v) is 22.9. The van der Waals surface area contributed by atoms with Crippen molar-refractivity contribution in [1.82, 2.24) is 0 Å². The van der Waals surface area contributed by atoms with Crippen molar-refractivity contribution in [3.8, 4) is 11.5 Å². The molecule has 0 radical (unpaired) electrons. The highest BCUT2D eigenvalue weighted by Gasteiger charge is 2.31. The van der Waals surface area contributed by atoms with Crippen LogP contribution in [0, 0.1) is 13.8 Å². The van der Waals surface area contributed by atoms with Gasteiger partial charge in [0.1, 0.15) is 11.5 Å². The highest BCUT2D eigenvalue weighted by atomic mass is 16.3. The third kappa shape index (κ3) is 10.6. The van der Waals surface area contributed by atoms with Gasteiger partial charge in [0.2, 0.25) is 0 Å². The molecule has 5 nitrogen and oxygen atoms in total. The van der Waals surface area contributed by atoms with Gasteiger partial charge in [0, 0.05) is 22.6 Å². The van der Waals surface area contributed by atoms with E-state index in [1.807, 2.05) is 0 Å². The first-order chi connectivity index (χ1) is 26.3. The lowest BCUT2D eigenvalue weighted by molar-refractivity contribution is -0.929. The average Bonchev–Trinajstić information content (AvgIpc) is 3.18. The fourth-order valence-electron chi connectivity index (χ4n) is 10.1. The van der Waals surface area contributed by atoms with E-state index in [1.54, 1.807) is 0 Å². The van der Waals surface area contributed by atoms with Gasteiger partial charge in [-0.3, -0.25) is 9.98 Å². The van der Waals surface area contributed by atoms with E-state index in [4.69, 9.17) is 9.98 Å². The van der Waals surface area contributed by atoms with E-state index < -0.39 is 0 Å². The molecule has 5 heteroatoms. The highest BCUT2D eigenvalue weighted by Crippen LogP contribution is 2.39. The minimum Gasteiger partial charge on any atom is -0.507 e. The van der Waals surface area contributed by atoms with E-state index >= 15 is 0 Å². The van der Waals surface area contributed by atoms with Crippen LogP contribution >= 0.6 is 0 Å². The summed E-state index contributed by atoms with van der Waals surface area (Å²) in [6, 6.07) is 4.79. The molecule has 1 fully saturated rings. The topological polar surface area (TPSA) is 65.2 Å². The molecule has 1 saturated carbocycles. The van der Waals surface area contributed by atoms with E-state index in [2.05, 4.69) is 53.7 Å². The lowest BCUT2D eigenvalue weighted by Crippen LogP contribution is -2.50. The summed E-state index contributed by atoms with van der Waals surface area (Å²) in [5.41, 5.74) is 11.9. The Labute approximate surface area is 330 Å².